The Kier molecular flexibility index (Phi) is 4.77. The molecule has 0 radical (unpaired) electrons. The van der Waals surface area contributed by atoms with E-state index in [9.17, 15) is 9.59 Å². The number of ketones is 1. The predicted octanol–water partition coefficient (Wildman–Crippen LogP) is 3.10. The Labute approximate surface area is 161 Å². The van der Waals surface area contributed by atoms with Gasteiger partial charge in [0.1, 0.15) is 5.69 Å². The van der Waals surface area contributed by atoms with Crippen molar-refractivity contribution in [3.05, 3.63) is 65.4 Å². The first-order valence-corrected chi connectivity index (χ1v) is 9.74. The van der Waals surface area contributed by atoms with E-state index in [0.29, 0.717) is 18.8 Å². The van der Waals surface area contributed by atoms with Crippen molar-refractivity contribution in [2.24, 2.45) is 0 Å². The number of benzene rings is 1. The first-order valence-electron chi connectivity index (χ1n) is 8.86. The van der Waals surface area contributed by atoms with Gasteiger partial charge in [-0.1, -0.05) is 0 Å². The van der Waals surface area contributed by atoms with Crippen molar-refractivity contribution in [1.29, 1.82) is 0 Å². The molecule has 0 atom stereocenters. The van der Waals surface area contributed by atoms with Crippen molar-refractivity contribution in [3.63, 3.8) is 0 Å². The fourth-order valence-corrected chi connectivity index (χ4v) is 3.94. The van der Waals surface area contributed by atoms with E-state index in [1.54, 1.807) is 6.92 Å². The lowest BCUT2D eigenvalue weighted by Gasteiger charge is -2.35. The van der Waals surface area contributed by atoms with Crippen molar-refractivity contribution in [2.75, 3.05) is 31.1 Å². The molecular weight excluding hydrogens is 360 g/mol. The minimum absolute atomic E-state index is 0.0174. The molecule has 0 spiro atoms. The Morgan fingerprint density at radius 1 is 1.00 bits per heavy atom. The van der Waals surface area contributed by atoms with Crippen LogP contribution in [0.5, 0.6) is 0 Å². The van der Waals surface area contributed by atoms with Crippen molar-refractivity contribution in [1.82, 2.24) is 14.5 Å². The molecule has 1 aliphatic rings. The number of carbonyl (C=O) groups is 2. The molecule has 3 heterocycles. The fourth-order valence-electron chi connectivity index (χ4n) is 3.18. The average molecular weight is 380 g/mol. The quantitative estimate of drug-likeness (QED) is 0.653. The molecule has 1 aliphatic heterocycles. The van der Waals surface area contributed by atoms with Crippen LogP contribution in [0.15, 0.2) is 54.2 Å². The third-order valence-corrected chi connectivity index (χ3v) is 5.60. The second-order valence-electron chi connectivity index (χ2n) is 6.49. The third kappa shape index (κ3) is 3.64. The molecule has 6 nitrogen and oxygen atoms in total. The SMILES string of the molecule is CC(=O)c1ccc(N2CCN(C(=O)c3csc(-n4cccc4)n3)CC2)cc1. The second-order valence-corrected chi connectivity index (χ2v) is 7.32. The van der Waals surface area contributed by atoms with Crippen LogP contribution in [0.3, 0.4) is 0 Å². The largest absolute Gasteiger partial charge is 0.368 e. The van der Waals surface area contributed by atoms with Gasteiger partial charge in [0, 0.05) is 55.2 Å². The highest BCUT2D eigenvalue weighted by Crippen LogP contribution is 2.20. The maximum Gasteiger partial charge on any atom is 0.273 e. The number of Topliss-reactive ketones (excluding diaryl/α,β-unsaturated/α-hetero) is 1. The molecule has 1 saturated heterocycles. The third-order valence-electron chi connectivity index (χ3n) is 4.74. The molecule has 4 rings (SSSR count). The van der Waals surface area contributed by atoms with Gasteiger partial charge in [0.2, 0.25) is 0 Å². The monoisotopic (exact) mass is 380 g/mol. The Hall–Kier alpha value is -2.93. The Balaban J connectivity index is 1.38. The summed E-state index contributed by atoms with van der Waals surface area (Å²) in [6.07, 6.45) is 3.84. The van der Waals surface area contributed by atoms with Crippen molar-refractivity contribution in [2.45, 2.75) is 6.92 Å². The number of amides is 1. The van der Waals surface area contributed by atoms with E-state index in [2.05, 4.69) is 9.88 Å². The number of thiazole rings is 1. The van der Waals surface area contributed by atoms with Gasteiger partial charge in [0.15, 0.2) is 10.9 Å². The van der Waals surface area contributed by atoms with Crippen LogP contribution >= 0.6 is 11.3 Å². The molecule has 0 N–H and O–H groups in total. The zero-order valence-corrected chi connectivity index (χ0v) is 15.9. The minimum Gasteiger partial charge on any atom is -0.368 e. The van der Waals surface area contributed by atoms with Gasteiger partial charge >= 0.3 is 0 Å². The topological polar surface area (TPSA) is 58.4 Å². The summed E-state index contributed by atoms with van der Waals surface area (Å²) >= 11 is 1.47. The second kappa shape index (κ2) is 7.36. The summed E-state index contributed by atoms with van der Waals surface area (Å²) < 4.78 is 1.91. The van der Waals surface area contributed by atoms with Crippen LogP contribution in [-0.4, -0.2) is 52.3 Å². The van der Waals surface area contributed by atoms with E-state index in [1.165, 1.54) is 11.3 Å². The molecule has 1 fully saturated rings. The molecule has 0 bridgehead atoms. The van der Waals surface area contributed by atoms with Crippen LogP contribution < -0.4 is 4.90 Å². The Bertz CT molecular complexity index is 939. The van der Waals surface area contributed by atoms with Crippen LogP contribution in [0.25, 0.3) is 5.13 Å². The predicted molar refractivity (Wildman–Crippen MR) is 106 cm³/mol. The van der Waals surface area contributed by atoms with Gasteiger partial charge in [-0.25, -0.2) is 4.98 Å². The van der Waals surface area contributed by atoms with Crippen molar-refractivity contribution >= 4 is 28.7 Å². The van der Waals surface area contributed by atoms with E-state index in [4.69, 9.17) is 0 Å². The van der Waals surface area contributed by atoms with Gasteiger partial charge in [0.05, 0.1) is 0 Å². The van der Waals surface area contributed by atoms with Crippen LogP contribution in [0.2, 0.25) is 0 Å². The molecule has 0 saturated carbocycles. The van der Waals surface area contributed by atoms with Crippen molar-refractivity contribution < 1.29 is 9.59 Å². The average Bonchev–Trinajstić information content (AvgIpc) is 3.39. The normalized spacial score (nSPS) is 14.4. The lowest BCUT2D eigenvalue weighted by Crippen LogP contribution is -2.48. The molecule has 7 heteroatoms. The Morgan fingerprint density at radius 2 is 1.67 bits per heavy atom. The molecule has 3 aromatic rings. The number of hydrogen-bond acceptors (Lipinski definition) is 5. The molecule has 1 aromatic carbocycles. The van der Waals surface area contributed by atoms with Crippen LogP contribution in [-0.2, 0) is 0 Å². The van der Waals surface area contributed by atoms with Gasteiger partial charge in [-0.2, -0.15) is 0 Å². The fraction of sp³-hybridized carbons (Fsp3) is 0.250. The summed E-state index contributed by atoms with van der Waals surface area (Å²) in [5.74, 6) is 0.0516. The zero-order chi connectivity index (χ0) is 18.8. The van der Waals surface area contributed by atoms with Crippen molar-refractivity contribution in [3.8, 4) is 5.13 Å². The van der Waals surface area contributed by atoms with E-state index in [0.717, 1.165) is 29.5 Å². The van der Waals surface area contributed by atoms with Crippen LogP contribution in [0.1, 0.15) is 27.8 Å². The number of carbonyl (C=O) groups excluding carboxylic acids is 2. The number of aromatic nitrogens is 2. The van der Waals surface area contributed by atoms with E-state index in [1.807, 2.05) is 63.6 Å². The lowest BCUT2D eigenvalue weighted by molar-refractivity contribution is 0.0741. The summed E-state index contributed by atoms with van der Waals surface area (Å²) in [5.41, 5.74) is 2.30. The smallest absolute Gasteiger partial charge is 0.273 e. The first kappa shape index (κ1) is 17.5. The van der Waals surface area contributed by atoms with Gasteiger partial charge in [0.25, 0.3) is 5.91 Å². The number of nitrogens with zero attached hydrogens (tertiary/aromatic N) is 4. The summed E-state index contributed by atoms with van der Waals surface area (Å²) in [4.78, 5) is 32.7. The highest BCUT2D eigenvalue weighted by molar-refractivity contribution is 7.12. The van der Waals surface area contributed by atoms with Gasteiger partial charge < -0.3 is 14.4 Å². The number of rotatable bonds is 4. The number of piperazine rings is 1. The standard InChI is InChI=1S/C20H20N4O2S/c1-15(25)16-4-6-17(7-5-16)22-10-12-23(13-11-22)19(26)18-14-27-20(21-18)24-8-2-3-9-24/h2-9,14H,10-13H2,1H3. The molecule has 138 valence electrons. The molecule has 0 unspecified atom stereocenters. The highest BCUT2D eigenvalue weighted by Gasteiger charge is 2.24. The van der Waals surface area contributed by atoms with E-state index < -0.39 is 0 Å². The Morgan fingerprint density at radius 3 is 2.30 bits per heavy atom. The maximum atomic E-state index is 12.8. The van der Waals surface area contributed by atoms with Gasteiger partial charge in [-0.3, -0.25) is 9.59 Å². The summed E-state index contributed by atoms with van der Waals surface area (Å²) in [5, 5.41) is 2.62. The number of anilines is 1. The molecule has 2 aromatic heterocycles. The first-order chi connectivity index (χ1) is 13.1. The molecule has 27 heavy (non-hydrogen) atoms. The lowest BCUT2D eigenvalue weighted by atomic mass is 10.1. The van der Waals surface area contributed by atoms with Gasteiger partial charge in [-0.15, -0.1) is 11.3 Å². The summed E-state index contributed by atoms with van der Waals surface area (Å²) in [6, 6.07) is 11.5. The van der Waals surface area contributed by atoms with Crippen LogP contribution in [0.4, 0.5) is 5.69 Å². The minimum atomic E-state index is -0.0174. The van der Waals surface area contributed by atoms with Gasteiger partial charge in [-0.05, 0) is 43.3 Å². The maximum absolute atomic E-state index is 12.8. The summed E-state index contributed by atoms with van der Waals surface area (Å²) in [7, 11) is 0. The van der Waals surface area contributed by atoms with E-state index in [-0.39, 0.29) is 11.7 Å². The highest BCUT2D eigenvalue weighted by atomic mass is 32.1. The molecule has 1 amide bonds. The van der Waals surface area contributed by atoms with E-state index >= 15 is 0 Å². The molecule has 0 aliphatic carbocycles. The zero-order valence-electron chi connectivity index (χ0n) is 15.0. The molecular formula is C20H20N4O2S. The van der Waals surface area contributed by atoms with Crippen LogP contribution in [0, 0.1) is 0 Å². The summed E-state index contributed by atoms with van der Waals surface area (Å²) in [6.45, 7) is 4.41. The number of hydrogen-bond donors (Lipinski definition) is 0.